The Bertz CT molecular complexity index is 555. The van der Waals surface area contributed by atoms with Gasteiger partial charge in [0.1, 0.15) is 0 Å². The highest BCUT2D eigenvalue weighted by Gasteiger charge is 2.36. The summed E-state index contributed by atoms with van der Waals surface area (Å²) in [6.07, 6.45) is 4.74. The minimum absolute atomic E-state index is 0.00445. The van der Waals surface area contributed by atoms with E-state index in [1.165, 1.54) is 12.8 Å². The third-order valence-electron chi connectivity index (χ3n) is 4.34. The van der Waals surface area contributed by atoms with Crippen molar-refractivity contribution in [2.24, 2.45) is 5.92 Å². The lowest BCUT2D eigenvalue weighted by atomic mass is 10.1. The lowest BCUT2D eigenvalue weighted by Gasteiger charge is -2.19. The Kier molecular flexibility index (Phi) is 4.15. The molecule has 112 valence electrons. The van der Waals surface area contributed by atoms with E-state index in [4.69, 9.17) is 11.6 Å². The number of nitrogens with one attached hydrogen (secondary N) is 1. The number of hydrogen-bond acceptors (Lipinski definition) is 2. The summed E-state index contributed by atoms with van der Waals surface area (Å²) in [6.45, 7) is 0.418. The zero-order valence-corrected chi connectivity index (χ0v) is 12.6. The number of benzene rings is 1. The van der Waals surface area contributed by atoms with Gasteiger partial charge in [-0.15, -0.1) is 0 Å². The molecular formula is C16H19ClN2O2. The van der Waals surface area contributed by atoms with Crippen LogP contribution in [0, 0.1) is 5.92 Å². The molecule has 2 fully saturated rings. The minimum Gasteiger partial charge on any atom is -0.353 e. The first-order valence-electron chi connectivity index (χ1n) is 7.50. The molecule has 1 aliphatic heterocycles. The Balaban J connectivity index is 1.67. The first-order valence-corrected chi connectivity index (χ1v) is 7.88. The van der Waals surface area contributed by atoms with Gasteiger partial charge in [-0.1, -0.05) is 36.6 Å². The monoisotopic (exact) mass is 306 g/mol. The first-order chi connectivity index (χ1) is 10.1. The minimum atomic E-state index is -0.269. The van der Waals surface area contributed by atoms with E-state index in [0.717, 1.165) is 12.8 Å². The Morgan fingerprint density at radius 2 is 1.95 bits per heavy atom. The predicted molar refractivity (Wildman–Crippen MR) is 82.3 cm³/mol. The van der Waals surface area contributed by atoms with Gasteiger partial charge in [0.15, 0.2) is 0 Å². The van der Waals surface area contributed by atoms with Gasteiger partial charge in [0.2, 0.25) is 11.8 Å². The normalized spacial score (nSPS) is 22.8. The van der Waals surface area contributed by atoms with Crippen LogP contribution >= 0.6 is 11.6 Å². The number of hydrogen-bond donors (Lipinski definition) is 1. The summed E-state index contributed by atoms with van der Waals surface area (Å²) in [4.78, 5) is 26.1. The number of nitrogens with zero attached hydrogens (tertiary/aromatic N) is 1. The van der Waals surface area contributed by atoms with E-state index in [2.05, 4.69) is 5.32 Å². The van der Waals surface area contributed by atoms with Gasteiger partial charge in [-0.3, -0.25) is 9.59 Å². The summed E-state index contributed by atoms with van der Waals surface area (Å²) in [7, 11) is 0. The highest BCUT2D eigenvalue weighted by atomic mass is 35.5. The van der Waals surface area contributed by atoms with Gasteiger partial charge in [-0.05, 0) is 25.0 Å². The molecule has 2 amide bonds. The van der Waals surface area contributed by atoms with Crippen LogP contribution in [0.1, 0.15) is 32.1 Å². The number of anilines is 1. The van der Waals surface area contributed by atoms with Crippen molar-refractivity contribution in [3.63, 3.8) is 0 Å². The molecule has 1 aromatic rings. The molecule has 0 spiro atoms. The van der Waals surface area contributed by atoms with Crippen LogP contribution in [0.25, 0.3) is 0 Å². The highest BCUT2D eigenvalue weighted by Crippen LogP contribution is 2.31. The van der Waals surface area contributed by atoms with Crippen molar-refractivity contribution < 1.29 is 9.59 Å². The van der Waals surface area contributed by atoms with Crippen molar-refractivity contribution in [3.8, 4) is 0 Å². The number of para-hydroxylation sites is 1. The number of carbonyl (C=O) groups is 2. The van der Waals surface area contributed by atoms with Gasteiger partial charge in [0.05, 0.1) is 16.6 Å². The molecule has 1 heterocycles. The van der Waals surface area contributed by atoms with Crippen LogP contribution in [0.3, 0.4) is 0 Å². The third-order valence-corrected chi connectivity index (χ3v) is 4.66. The molecule has 1 aliphatic carbocycles. The molecule has 3 rings (SSSR count). The second-order valence-electron chi connectivity index (χ2n) is 5.85. The molecule has 1 saturated heterocycles. The molecule has 1 saturated carbocycles. The molecule has 0 aromatic heterocycles. The smallest absolute Gasteiger partial charge is 0.227 e. The SMILES string of the molecule is O=C(NC1CCCC1)[C@H]1CC(=O)N(c2ccccc2Cl)C1. The van der Waals surface area contributed by atoms with E-state index in [-0.39, 0.29) is 24.2 Å². The third kappa shape index (κ3) is 3.05. The summed E-state index contributed by atoms with van der Waals surface area (Å²) in [5, 5.41) is 3.62. The molecule has 0 radical (unpaired) electrons. The average molecular weight is 307 g/mol. The fraction of sp³-hybridized carbons (Fsp3) is 0.500. The number of amides is 2. The highest BCUT2D eigenvalue weighted by molar-refractivity contribution is 6.33. The van der Waals surface area contributed by atoms with Gasteiger partial charge in [0.25, 0.3) is 0 Å². The zero-order chi connectivity index (χ0) is 14.8. The van der Waals surface area contributed by atoms with Crippen LogP contribution < -0.4 is 10.2 Å². The van der Waals surface area contributed by atoms with E-state index < -0.39 is 0 Å². The topological polar surface area (TPSA) is 49.4 Å². The zero-order valence-electron chi connectivity index (χ0n) is 11.8. The summed E-state index contributed by atoms with van der Waals surface area (Å²) in [5.41, 5.74) is 0.695. The van der Waals surface area contributed by atoms with Crippen LogP contribution in [0.4, 0.5) is 5.69 Å². The maximum absolute atomic E-state index is 12.3. The lowest BCUT2D eigenvalue weighted by molar-refractivity contribution is -0.126. The summed E-state index contributed by atoms with van der Waals surface area (Å²) >= 11 is 6.14. The van der Waals surface area contributed by atoms with Gasteiger partial charge < -0.3 is 10.2 Å². The molecule has 1 aromatic carbocycles. The number of rotatable bonds is 3. The lowest BCUT2D eigenvalue weighted by Crippen LogP contribution is -2.38. The van der Waals surface area contributed by atoms with Crippen LogP contribution in [0.15, 0.2) is 24.3 Å². The van der Waals surface area contributed by atoms with Crippen molar-refractivity contribution in [2.45, 2.75) is 38.1 Å². The predicted octanol–water partition coefficient (Wildman–Crippen LogP) is 2.75. The number of halogens is 1. The second-order valence-corrected chi connectivity index (χ2v) is 6.25. The van der Waals surface area contributed by atoms with Crippen molar-refractivity contribution in [1.82, 2.24) is 5.32 Å². The van der Waals surface area contributed by atoms with Crippen LogP contribution in [0.2, 0.25) is 5.02 Å². The quantitative estimate of drug-likeness (QED) is 0.933. The van der Waals surface area contributed by atoms with Gasteiger partial charge in [-0.2, -0.15) is 0 Å². The van der Waals surface area contributed by atoms with Gasteiger partial charge in [0, 0.05) is 19.0 Å². The van der Waals surface area contributed by atoms with E-state index in [1.807, 2.05) is 18.2 Å². The van der Waals surface area contributed by atoms with Crippen LogP contribution in [-0.4, -0.2) is 24.4 Å². The second kappa shape index (κ2) is 6.06. The molecule has 21 heavy (non-hydrogen) atoms. The van der Waals surface area contributed by atoms with E-state index in [1.54, 1.807) is 11.0 Å². The average Bonchev–Trinajstić information content (AvgIpc) is 3.09. The first kappa shape index (κ1) is 14.4. The standard InChI is InChI=1S/C16H19ClN2O2/c17-13-7-3-4-8-14(13)19-10-11(9-15(19)20)16(21)18-12-5-1-2-6-12/h3-4,7-8,11-12H,1-2,5-6,9-10H2,(H,18,21)/t11-/m0/s1. The molecule has 4 nitrogen and oxygen atoms in total. The van der Waals surface area contributed by atoms with Crippen molar-refractivity contribution >= 4 is 29.1 Å². The summed E-state index contributed by atoms with van der Waals surface area (Å²) < 4.78 is 0. The van der Waals surface area contributed by atoms with Gasteiger partial charge in [-0.25, -0.2) is 0 Å². The van der Waals surface area contributed by atoms with Crippen molar-refractivity contribution in [2.75, 3.05) is 11.4 Å². The largest absolute Gasteiger partial charge is 0.353 e. The van der Waals surface area contributed by atoms with Gasteiger partial charge >= 0.3 is 0 Å². The maximum atomic E-state index is 12.3. The Labute approximate surface area is 129 Å². The van der Waals surface area contributed by atoms with E-state index in [9.17, 15) is 9.59 Å². The molecule has 1 atom stereocenters. The van der Waals surface area contributed by atoms with Crippen LogP contribution in [0.5, 0.6) is 0 Å². The van der Waals surface area contributed by atoms with Crippen molar-refractivity contribution in [3.05, 3.63) is 29.3 Å². The molecule has 5 heteroatoms. The molecule has 0 unspecified atom stereocenters. The molecule has 2 aliphatic rings. The Morgan fingerprint density at radius 3 is 2.67 bits per heavy atom. The maximum Gasteiger partial charge on any atom is 0.227 e. The number of carbonyl (C=O) groups excluding carboxylic acids is 2. The fourth-order valence-electron chi connectivity index (χ4n) is 3.18. The Morgan fingerprint density at radius 1 is 1.24 bits per heavy atom. The fourth-order valence-corrected chi connectivity index (χ4v) is 3.41. The molecular weight excluding hydrogens is 288 g/mol. The molecule has 0 bridgehead atoms. The van der Waals surface area contributed by atoms with E-state index in [0.29, 0.717) is 23.3 Å². The summed E-state index contributed by atoms with van der Waals surface area (Å²) in [6, 6.07) is 7.55. The summed E-state index contributed by atoms with van der Waals surface area (Å²) in [5.74, 6) is -0.297. The van der Waals surface area contributed by atoms with Crippen LogP contribution in [-0.2, 0) is 9.59 Å². The Hall–Kier alpha value is -1.55. The van der Waals surface area contributed by atoms with Crippen molar-refractivity contribution in [1.29, 1.82) is 0 Å². The molecule has 1 N–H and O–H groups in total. The van der Waals surface area contributed by atoms with E-state index >= 15 is 0 Å².